The van der Waals surface area contributed by atoms with E-state index in [4.69, 9.17) is 5.73 Å². The summed E-state index contributed by atoms with van der Waals surface area (Å²) < 4.78 is 32.0. The highest BCUT2D eigenvalue weighted by Crippen LogP contribution is 2.22. The molecule has 2 aliphatic rings. The van der Waals surface area contributed by atoms with Gasteiger partial charge in [-0.2, -0.15) is 9.97 Å². The maximum atomic E-state index is 11.1. The number of imidazole rings is 1. The molecule has 0 amide bonds. The van der Waals surface area contributed by atoms with Crippen molar-refractivity contribution in [2.24, 2.45) is 0 Å². The predicted octanol–water partition coefficient (Wildman–Crippen LogP) is -1.53. The summed E-state index contributed by atoms with van der Waals surface area (Å²) in [7, 11) is -4.22. The molecule has 15 heavy (non-hydrogen) atoms. The first-order valence-electron chi connectivity index (χ1n) is 3.70. The second-order valence-corrected chi connectivity index (χ2v) is 3.83. The van der Waals surface area contributed by atoms with Crippen molar-refractivity contribution in [3.8, 4) is 6.01 Å². The van der Waals surface area contributed by atoms with Crippen LogP contribution in [0, 0.1) is 0 Å². The summed E-state index contributed by atoms with van der Waals surface area (Å²) in [4.78, 5) is 11.1. The van der Waals surface area contributed by atoms with Crippen molar-refractivity contribution in [2.75, 3.05) is 5.73 Å². The van der Waals surface area contributed by atoms with E-state index in [0.717, 1.165) is 11.1 Å². The fourth-order valence-electron chi connectivity index (χ4n) is 1.20. The van der Waals surface area contributed by atoms with E-state index in [-0.39, 0.29) is 17.0 Å². The van der Waals surface area contributed by atoms with Crippen molar-refractivity contribution in [2.45, 2.75) is 0 Å². The molecule has 0 saturated heterocycles. The fraction of sp³-hybridized carbons (Fsp3) is 0. The molecular weight excluding hydrogens is 226 g/mol. The van der Waals surface area contributed by atoms with Crippen LogP contribution in [-0.4, -0.2) is 28.1 Å². The number of rotatable bonds is 0. The predicted molar refractivity (Wildman–Crippen MR) is 45.9 cm³/mol. The van der Waals surface area contributed by atoms with Crippen LogP contribution in [0.4, 0.5) is 5.82 Å². The molecule has 9 nitrogen and oxygen atoms in total. The minimum absolute atomic E-state index is 0.0300. The Kier molecular flexibility index (Phi) is 1.25. The average Bonchev–Trinajstić information content (AvgIpc) is 2.45. The van der Waals surface area contributed by atoms with Crippen molar-refractivity contribution in [3.63, 3.8) is 0 Å². The lowest BCUT2D eigenvalue weighted by Gasteiger charge is -2.10. The number of nitrogen functional groups attached to an aromatic ring is 1. The van der Waals surface area contributed by atoms with Gasteiger partial charge < -0.3 is 9.92 Å². The summed E-state index contributed by atoms with van der Waals surface area (Å²) >= 11 is 0. The summed E-state index contributed by atoms with van der Waals surface area (Å²) in [5, 5.41) is 0. The Bertz CT molecular complexity index is 661. The minimum atomic E-state index is -4.22. The fourth-order valence-corrected chi connectivity index (χ4v) is 1.80. The molecule has 0 saturated carbocycles. The van der Waals surface area contributed by atoms with Crippen LogP contribution < -0.4 is 14.2 Å². The van der Waals surface area contributed by atoms with Gasteiger partial charge in [-0.1, -0.05) is 0 Å². The topological polar surface area (TPSA) is 122 Å². The quantitative estimate of drug-likeness (QED) is 0.577. The molecule has 2 aromatic heterocycles. The Labute approximate surface area is 82.7 Å². The van der Waals surface area contributed by atoms with Gasteiger partial charge in [0.25, 0.3) is 0 Å². The number of hydrogen-bond donors (Lipinski definition) is 1. The van der Waals surface area contributed by atoms with Crippen molar-refractivity contribution in [3.05, 3.63) is 6.33 Å². The maximum absolute atomic E-state index is 11.1. The van der Waals surface area contributed by atoms with Gasteiger partial charge in [0.1, 0.15) is 6.33 Å². The Morgan fingerprint density at radius 1 is 1.40 bits per heavy atom. The van der Waals surface area contributed by atoms with Crippen molar-refractivity contribution in [1.82, 2.24) is 19.7 Å². The highest BCUT2D eigenvalue weighted by molar-refractivity contribution is 7.82. The highest BCUT2D eigenvalue weighted by Gasteiger charge is 2.26. The van der Waals surface area contributed by atoms with Gasteiger partial charge in [0.2, 0.25) is 0 Å². The van der Waals surface area contributed by atoms with E-state index < -0.39 is 16.4 Å². The first kappa shape index (κ1) is 8.23. The summed E-state index contributed by atoms with van der Waals surface area (Å²) in [6.45, 7) is 0. The molecule has 0 atom stereocenters. The standard InChI is InChI=1S/C5H3N5O4S/c6-3-2-4-7-1-10(2)14-15(11,12)13-5(8-3)9-4/h1H,(H2,6,8,9). The molecule has 2 aromatic rings. The second kappa shape index (κ2) is 2.28. The van der Waals surface area contributed by atoms with Crippen LogP contribution >= 0.6 is 0 Å². The van der Waals surface area contributed by atoms with Crippen molar-refractivity contribution >= 4 is 27.4 Å². The molecule has 4 bridgehead atoms. The van der Waals surface area contributed by atoms with Crippen LogP contribution in [0.3, 0.4) is 0 Å². The SMILES string of the molecule is Nc1nc2nc3ncn(c13)OS(=O)(=O)O2. The molecule has 0 aliphatic carbocycles. The van der Waals surface area contributed by atoms with Crippen LogP contribution in [0.15, 0.2) is 6.33 Å². The summed E-state index contributed by atoms with van der Waals surface area (Å²) in [5.74, 6) is 0.0300. The number of nitrogens with two attached hydrogens (primary N) is 1. The van der Waals surface area contributed by atoms with Crippen LogP contribution in [-0.2, 0) is 10.4 Å². The Balaban J connectivity index is 2.49. The van der Waals surface area contributed by atoms with Crippen LogP contribution in [0.1, 0.15) is 0 Å². The largest absolute Gasteiger partial charge is 0.523 e. The minimum Gasteiger partial charge on any atom is -0.382 e. The molecule has 0 spiro atoms. The van der Waals surface area contributed by atoms with E-state index in [2.05, 4.69) is 23.4 Å². The van der Waals surface area contributed by atoms with E-state index in [1.54, 1.807) is 0 Å². The molecule has 78 valence electrons. The summed E-state index contributed by atoms with van der Waals surface area (Å²) in [6.07, 6.45) is 1.12. The zero-order valence-corrected chi connectivity index (χ0v) is 7.80. The zero-order valence-electron chi connectivity index (χ0n) is 6.98. The third-order valence-electron chi connectivity index (χ3n) is 1.73. The summed E-state index contributed by atoms with van der Waals surface area (Å²) in [6, 6.07) is -0.412. The van der Waals surface area contributed by atoms with Gasteiger partial charge in [-0.25, -0.2) is 4.98 Å². The molecule has 4 heterocycles. The van der Waals surface area contributed by atoms with E-state index >= 15 is 0 Å². The molecule has 10 heteroatoms. The van der Waals surface area contributed by atoms with Crippen LogP contribution in [0.25, 0.3) is 11.2 Å². The number of nitrogens with zero attached hydrogens (tertiary/aromatic N) is 4. The van der Waals surface area contributed by atoms with E-state index in [1.807, 2.05) is 0 Å². The van der Waals surface area contributed by atoms with Gasteiger partial charge in [-0.05, 0) is 0 Å². The maximum Gasteiger partial charge on any atom is 0.523 e. The lowest BCUT2D eigenvalue weighted by atomic mass is 10.5. The Morgan fingerprint density at radius 3 is 3.00 bits per heavy atom. The van der Waals surface area contributed by atoms with E-state index in [9.17, 15) is 8.42 Å². The third-order valence-corrected chi connectivity index (χ3v) is 2.42. The van der Waals surface area contributed by atoms with E-state index in [0.29, 0.717) is 0 Å². The number of hydrogen-bond acceptors (Lipinski definition) is 8. The van der Waals surface area contributed by atoms with Gasteiger partial charge >= 0.3 is 16.4 Å². The number of anilines is 1. The van der Waals surface area contributed by atoms with E-state index in [1.165, 1.54) is 0 Å². The first-order chi connectivity index (χ1) is 7.05. The average molecular weight is 229 g/mol. The second-order valence-electron chi connectivity index (χ2n) is 2.70. The lowest BCUT2D eigenvalue weighted by Crippen LogP contribution is -2.27. The highest BCUT2D eigenvalue weighted by atomic mass is 32.3. The molecule has 2 N–H and O–H groups in total. The molecule has 0 radical (unpaired) electrons. The molecular formula is C5H3N5O4S. The van der Waals surface area contributed by atoms with Crippen molar-refractivity contribution < 1.29 is 16.9 Å². The first-order valence-corrected chi connectivity index (χ1v) is 5.03. The molecule has 2 aliphatic heterocycles. The van der Waals surface area contributed by atoms with Gasteiger partial charge in [0, 0.05) is 0 Å². The lowest BCUT2D eigenvalue weighted by molar-refractivity contribution is 0.247. The number of fused-ring (bicyclic) bond motifs is 3. The molecule has 4 rings (SSSR count). The van der Waals surface area contributed by atoms with Crippen LogP contribution in [0.5, 0.6) is 6.01 Å². The normalized spacial score (nSPS) is 17.1. The van der Waals surface area contributed by atoms with Crippen molar-refractivity contribution in [1.29, 1.82) is 0 Å². The van der Waals surface area contributed by atoms with Gasteiger partial charge in [-0.3, -0.25) is 4.28 Å². The molecule has 0 fully saturated rings. The molecule has 0 aromatic carbocycles. The van der Waals surface area contributed by atoms with Crippen LogP contribution in [0.2, 0.25) is 0 Å². The van der Waals surface area contributed by atoms with Gasteiger partial charge in [-0.15, -0.1) is 13.1 Å². The monoisotopic (exact) mass is 229 g/mol. The molecule has 0 unspecified atom stereocenters. The smallest absolute Gasteiger partial charge is 0.382 e. The Morgan fingerprint density at radius 2 is 2.20 bits per heavy atom. The zero-order chi connectivity index (χ0) is 10.6. The van der Waals surface area contributed by atoms with Gasteiger partial charge in [0.05, 0.1) is 0 Å². The van der Waals surface area contributed by atoms with Gasteiger partial charge in [0.15, 0.2) is 17.0 Å². The number of aromatic nitrogens is 4. The summed E-state index contributed by atoms with van der Waals surface area (Å²) in [5.41, 5.74) is 5.92. The third kappa shape index (κ3) is 1.08. The Hall–Kier alpha value is -2.10.